The molecular formula is C34H72O6. The highest BCUT2D eigenvalue weighted by Gasteiger charge is 2.74. The van der Waals surface area contributed by atoms with E-state index < -0.39 is 22.8 Å². The van der Waals surface area contributed by atoms with Gasteiger partial charge in [-0.3, -0.25) is 0 Å². The molecule has 0 radical (unpaired) electrons. The van der Waals surface area contributed by atoms with Gasteiger partial charge in [0.25, 0.3) is 5.97 Å². The van der Waals surface area contributed by atoms with Crippen LogP contribution in [-0.4, -0.2) is 54.9 Å². The fourth-order valence-electron chi connectivity index (χ4n) is 5.61. The van der Waals surface area contributed by atoms with E-state index in [0.29, 0.717) is 12.8 Å². The van der Waals surface area contributed by atoms with Crippen molar-refractivity contribution >= 4 is 0 Å². The highest BCUT2D eigenvalue weighted by molar-refractivity contribution is 5.16. The Bertz CT molecular complexity index is 669. The molecule has 2 heterocycles. The maximum Gasteiger partial charge on any atom is 0.281 e. The third kappa shape index (κ3) is 8.44. The zero-order valence-electron chi connectivity index (χ0n) is 30.0. The van der Waals surface area contributed by atoms with Gasteiger partial charge in [0.15, 0.2) is 0 Å². The molecule has 0 aromatic rings. The van der Waals surface area contributed by atoms with Gasteiger partial charge in [-0.15, -0.1) is 0 Å². The zero-order valence-corrected chi connectivity index (χ0v) is 30.0. The minimum Gasteiger partial charge on any atom is -0.387 e. The number of ether oxygens (including phenoxy) is 3. The molecule has 2 aliphatic rings. The van der Waals surface area contributed by atoms with Crippen molar-refractivity contribution in [3.05, 3.63) is 0 Å². The average molecular weight is 577 g/mol. The Labute approximate surface area is 250 Å². The van der Waals surface area contributed by atoms with E-state index in [1.54, 1.807) is 13.8 Å². The molecule has 3 N–H and O–H groups in total. The lowest BCUT2D eigenvalue weighted by Gasteiger charge is -2.49. The number of hydrogen-bond acceptors (Lipinski definition) is 6. The fourth-order valence-corrected chi connectivity index (χ4v) is 5.61. The number of hydrogen-bond donors (Lipinski definition) is 3. The Balaban J connectivity index is 0. The molecule has 0 saturated carbocycles. The monoisotopic (exact) mass is 577 g/mol. The van der Waals surface area contributed by atoms with Gasteiger partial charge in [0, 0.05) is 6.92 Å². The van der Waals surface area contributed by atoms with Crippen molar-refractivity contribution in [2.75, 3.05) is 0 Å². The predicted octanol–water partition coefficient (Wildman–Crippen LogP) is 8.63. The molecule has 40 heavy (non-hydrogen) atoms. The van der Waals surface area contributed by atoms with E-state index in [4.69, 9.17) is 14.2 Å². The van der Waals surface area contributed by atoms with Gasteiger partial charge in [0.2, 0.25) is 0 Å². The maximum absolute atomic E-state index is 10.1. The van der Waals surface area contributed by atoms with Crippen molar-refractivity contribution in [3.63, 3.8) is 0 Å². The second-order valence-corrected chi connectivity index (χ2v) is 13.3. The molecular weight excluding hydrogens is 504 g/mol. The quantitative estimate of drug-likeness (QED) is 0.241. The summed E-state index contributed by atoms with van der Waals surface area (Å²) >= 11 is 0. The van der Waals surface area contributed by atoms with Crippen molar-refractivity contribution in [2.45, 2.75) is 203 Å². The third-order valence-electron chi connectivity index (χ3n) is 11.1. The Kier molecular flexibility index (Phi) is 16.2. The first-order valence-corrected chi connectivity index (χ1v) is 16.3. The van der Waals surface area contributed by atoms with Crippen LogP contribution >= 0.6 is 0 Å². The van der Waals surface area contributed by atoms with E-state index in [0.717, 1.165) is 30.6 Å². The molecule has 0 aliphatic carbocycles. The van der Waals surface area contributed by atoms with Gasteiger partial charge in [-0.25, -0.2) is 0 Å². The molecule has 6 heteroatoms. The van der Waals surface area contributed by atoms with Crippen LogP contribution < -0.4 is 0 Å². The fraction of sp³-hybridized carbons (Fsp3) is 1.00. The normalized spacial score (nSPS) is 35.6. The van der Waals surface area contributed by atoms with Crippen molar-refractivity contribution in [2.24, 2.45) is 17.8 Å². The highest BCUT2D eigenvalue weighted by Crippen LogP contribution is 2.60. The number of fused-ring (bicyclic) bond motifs is 2. The first-order chi connectivity index (χ1) is 18.0. The van der Waals surface area contributed by atoms with Gasteiger partial charge in [-0.05, 0) is 85.0 Å². The first-order valence-electron chi connectivity index (χ1n) is 16.3. The average Bonchev–Trinajstić information content (AvgIpc) is 3.27. The van der Waals surface area contributed by atoms with Crippen molar-refractivity contribution in [3.8, 4) is 0 Å². The van der Waals surface area contributed by atoms with Crippen molar-refractivity contribution in [1.82, 2.24) is 0 Å². The van der Waals surface area contributed by atoms with Crippen LogP contribution in [0.2, 0.25) is 0 Å². The van der Waals surface area contributed by atoms with Crippen LogP contribution in [0.25, 0.3) is 0 Å². The molecule has 0 aromatic carbocycles. The molecule has 2 bridgehead atoms. The van der Waals surface area contributed by atoms with Crippen LogP contribution in [0.5, 0.6) is 0 Å². The van der Waals surface area contributed by atoms with E-state index in [9.17, 15) is 15.3 Å². The van der Waals surface area contributed by atoms with Crippen LogP contribution in [0.1, 0.15) is 163 Å². The molecule has 2 fully saturated rings. The van der Waals surface area contributed by atoms with Crippen LogP contribution in [0.3, 0.4) is 0 Å². The molecule has 2 rings (SSSR count). The summed E-state index contributed by atoms with van der Waals surface area (Å²) in [6, 6.07) is 0. The highest BCUT2D eigenvalue weighted by atomic mass is 16.9. The summed E-state index contributed by atoms with van der Waals surface area (Å²) < 4.78 is 17.9. The summed E-state index contributed by atoms with van der Waals surface area (Å²) in [6.45, 7) is 36.2. The summed E-state index contributed by atoms with van der Waals surface area (Å²) in [5, 5.41) is 29.9. The molecule has 0 amide bonds. The van der Waals surface area contributed by atoms with E-state index in [1.807, 2.05) is 20.8 Å². The topological polar surface area (TPSA) is 88.4 Å². The van der Waals surface area contributed by atoms with E-state index in [2.05, 4.69) is 69.2 Å². The van der Waals surface area contributed by atoms with E-state index in [-0.39, 0.29) is 16.8 Å². The smallest absolute Gasteiger partial charge is 0.281 e. The maximum atomic E-state index is 10.1. The van der Waals surface area contributed by atoms with Gasteiger partial charge < -0.3 is 29.5 Å². The summed E-state index contributed by atoms with van der Waals surface area (Å²) in [4.78, 5) is 0. The van der Waals surface area contributed by atoms with Crippen LogP contribution in [-0.2, 0) is 14.2 Å². The molecule has 244 valence electrons. The largest absolute Gasteiger partial charge is 0.387 e. The third-order valence-corrected chi connectivity index (χ3v) is 11.1. The van der Waals surface area contributed by atoms with Crippen LogP contribution in [0.4, 0.5) is 0 Å². The van der Waals surface area contributed by atoms with Gasteiger partial charge >= 0.3 is 0 Å². The minimum atomic E-state index is -1.50. The standard InChI is InChI=1S/C12H22O3.C10H22O3.C10H22.C2H6/c1-7-9(3)11(5)10(4,8-2)14-12(6,13-9)15-11;1-6-8(3,11)10(5,13)9(4,12)7-2;1-6-8(3)10(5)9(4)7-2;1-2/h7-8H2,1-6H3;11-13H,6-7H2,1-5H3;8-10H,6-7H2,1-5H3;1-2H3. The van der Waals surface area contributed by atoms with Crippen molar-refractivity contribution < 1.29 is 29.5 Å². The summed E-state index contributed by atoms with van der Waals surface area (Å²) in [5.74, 6) is 1.84. The lowest BCUT2D eigenvalue weighted by molar-refractivity contribution is -0.345. The zero-order chi connectivity index (χ0) is 32.6. The molecule has 6 atom stereocenters. The SMILES string of the molecule is CC.CCC(C)(O)C(C)(O)C(C)(O)CC.CCC(C)C(C)C(C)CC.CCC1(C)OC2(C)OC(C)(CC)C1(C)O2. The molecule has 2 aliphatic heterocycles. The van der Waals surface area contributed by atoms with E-state index >= 15 is 0 Å². The van der Waals surface area contributed by atoms with Crippen LogP contribution in [0.15, 0.2) is 0 Å². The lowest BCUT2D eigenvalue weighted by atomic mass is 9.71. The van der Waals surface area contributed by atoms with Crippen molar-refractivity contribution in [1.29, 1.82) is 0 Å². The van der Waals surface area contributed by atoms with Gasteiger partial charge in [0.1, 0.15) is 22.4 Å². The van der Waals surface area contributed by atoms with Gasteiger partial charge in [0.05, 0.1) is 11.2 Å². The summed E-state index contributed by atoms with van der Waals surface area (Å²) in [5.41, 5.74) is -4.92. The first kappa shape index (κ1) is 41.9. The summed E-state index contributed by atoms with van der Waals surface area (Å²) in [7, 11) is 0. The van der Waals surface area contributed by atoms with Gasteiger partial charge in [-0.2, -0.15) is 0 Å². The summed E-state index contributed by atoms with van der Waals surface area (Å²) in [6.07, 6.45) is 5.30. The Morgan fingerprint density at radius 1 is 0.600 bits per heavy atom. The molecule has 6 nitrogen and oxygen atoms in total. The molecule has 0 spiro atoms. The second kappa shape index (κ2) is 15.5. The van der Waals surface area contributed by atoms with Gasteiger partial charge in [-0.1, -0.05) is 89.0 Å². The Hall–Kier alpha value is -0.240. The van der Waals surface area contributed by atoms with E-state index in [1.165, 1.54) is 33.6 Å². The minimum absolute atomic E-state index is 0.259. The molecule has 0 aromatic heterocycles. The molecule has 6 unspecified atom stereocenters. The lowest BCUT2D eigenvalue weighted by Crippen LogP contribution is -2.63. The molecule has 2 saturated heterocycles. The predicted molar refractivity (Wildman–Crippen MR) is 169 cm³/mol. The Morgan fingerprint density at radius 2 is 0.900 bits per heavy atom. The second-order valence-electron chi connectivity index (χ2n) is 13.3. The number of aliphatic hydroxyl groups is 3. The Morgan fingerprint density at radius 3 is 1.10 bits per heavy atom. The van der Waals surface area contributed by atoms with Crippen LogP contribution in [0, 0.1) is 17.8 Å². The number of rotatable bonds is 10.